The first-order chi connectivity index (χ1) is 18.3. The number of halogens is 1. The van der Waals surface area contributed by atoms with Crippen molar-refractivity contribution in [2.75, 3.05) is 18.4 Å². The van der Waals surface area contributed by atoms with Crippen LogP contribution < -0.4 is 10.6 Å². The van der Waals surface area contributed by atoms with Gasteiger partial charge in [0.1, 0.15) is 11.6 Å². The molecule has 2 amide bonds. The quantitative estimate of drug-likeness (QED) is 0.363. The molecule has 0 bridgehead atoms. The van der Waals surface area contributed by atoms with Crippen LogP contribution in [0.2, 0.25) is 5.02 Å². The second-order valence-corrected chi connectivity index (χ2v) is 10.0. The van der Waals surface area contributed by atoms with Crippen LogP contribution in [0.1, 0.15) is 47.4 Å². The van der Waals surface area contributed by atoms with Crippen molar-refractivity contribution in [1.82, 2.24) is 25.3 Å². The summed E-state index contributed by atoms with van der Waals surface area (Å²) < 4.78 is 5.37. The minimum absolute atomic E-state index is 0.0396. The molecular weight excluding hydrogens is 504 g/mol. The number of piperidine rings is 1. The molecule has 1 aliphatic heterocycles. The van der Waals surface area contributed by atoms with Gasteiger partial charge in [0, 0.05) is 48.6 Å². The zero-order chi connectivity index (χ0) is 26.8. The molecule has 4 aromatic rings. The molecule has 196 valence electrons. The summed E-state index contributed by atoms with van der Waals surface area (Å²) in [5, 5.41) is 11.9. The largest absolute Gasteiger partial charge is 0.365 e. The summed E-state index contributed by atoms with van der Waals surface area (Å²) in [6.07, 6.45) is 1.39. The van der Waals surface area contributed by atoms with Gasteiger partial charge in [-0.1, -0.05) is 35.0 Å². The lowest BCUT2D eigenvalue weighted by Crippen LogP contribution is -2.46. The standard InChI is InChI=1S/C28H29ClN6O3/c1-16-25(17(2)38-34-16)20-7-8-24-23(14-20)26(30-15-19-5-4-6-21(29)13-19)33-27(32-24)28(37)31-22-9-11-35(12-10-22)18(3)36/h4-8,13-14,22H,9-12,15H2,1-3H3,(H,31,37)(H,30,32,33). The fraction of sp³-hybridized carbons (Fsp3) is 0.321. The molecule has 0 unspecified atom stereocenters. The Morgan fingerprint density at radius 1 is 1.11 bits per heavy atom. The highest BCUT2D eigenvalue weighted by atomic mass is 35.5. The molecule has 1 aliphatic rings. The predicted molar refractivity (Wildman–Crippen MR) is 146 cm³/mol. The van der Waals surface area contributed by atoms with Crippen LogP contribution in [0.5, 0.6) is 0 Å². The van der Waals surface area contributed by atoms with Gasteiger partial charge in [-0.25, -0.2) is 9.97 Å². The van der Waals surface area contributed by atoms with E-state index in [1.54, 1.807) is 11.8 Å². The Morgan fingerprint density at radius 2 is 1.89 bits per heavy atom. The second-order valence-electron chi connectivity index (χ2n) is 9.56. The summed E-state index contributed by atoms with van der Waals surface area (Å²) in [6, 6.07) is 13.3. The molecule has 9 nitrogen and oxygen atoms in total. The number of aromatic nitrogens is 3. The van der Waals surface area contributed by atoms with Gasteiger partial charge in [-0.05, 0) is 62.1 Å². The number of nitrogens with zero attached hydrogens (tertiary/aromatic N) is 4. The van der Waals surface area contributed by atoms with Crippen LogP contribution >= 0.6 is 11.6 Å². The number of hydrogen-bond donors (Lipinski definition) is 2. The third-order valence-electron chi connectivity index (χ3n) is 6.85. The third kappa shape index (κ3) is 5.47. The summed E-state index contributed by atoms with van der Waals surface area (Å²) in [6.45, 7) is 7.05. The van der Waals surface area contributed by atoms with Crippen molar-refractivity contribution in [3.05, 3.63) is 70.3 Å². The smallest absolute Gasteiger partial charge is 0.289 e. The van der Waals surface area contributed by atoms with Crippen molar-refractivity contribution in [2.45, 2.75) is 46.2 Å². The number of anilines is 1. The van der Waals surface area contributed by atoms with E-state index < -0.39 is 0 Å². The summed E-state index contributed by atoms with van der Waals surface area (Å²) in [5.74, 6) is 1.07. The number of rotatable bonds is 6. The Labute approximate surface area is 225 Å². The van der Waals surface area contributed by atoms with Gasteiger partial charge in [0.25, 0.3) is 5.91 Å². The summed E-state index contributed by atoms with van der Waals surface area (Å²) in [7, 11) is 0. The van der Waals surface area contributed by atoms with Crippen LogP contribution in [-0.2, 0) is 11.3 Å². The summed E-state index contributed by atoms with van der Waals surface area (Å²) in [5.41, 5.74) is 4.27. The molecule has 38 heavy (non-hydrogen) atoms. The molecule has 2 aromatic heterocycles. The molecular formula is C28H29ClN6O3. The maximum absolute atomic E-state index is 13.2. The number of likely N-dealkylation sites (tertiary alicyclic amines) is 1. The first-order valence-corrected chi connectivity index (χ1v) is 13.0. The number of hydrogen-bond acceptors (Lipinski definition) is 7. The van der Waals surface area contributed by atoms with Crippen LogP contribution in [0.3, 0.4) is 0 Å². The van der Waals surface area contributed by atoms with E-state index in [0.29, 0.717) is 48.8 Å². The highest BCUT2D eigenvalue weighted by molar-refractivity contribution is 6.30. The van der Waals surface area contributed by atoms with E-state index in [9.17, 15) is 9.59 Å². The number of benzene rings is 2. The van der Waals surface area contributed by atoms with Gasteiger partial charge in [0.05, 0.1) is 11.2 Å². The first-order valence-electron chi connectivity index (χ1n) is 12.6. The predicted octanol–water partition coefficient (Wildman–Crippen LogP) is 4.91. The highest BCUT2D eigenvalue weighted by Gasteiger charge is 2.24. The van der Waals surface area contributed by atoms with Crippen LogP contribution in [0.25, 0.3) is 22.0 Å². The van der Waals surface area contributed by atoms with E-state index in [1.807, 2.05) is 56.3 Å². The Morgan fingerprint density at radius 3 is 2.58 bits per heavy atom. The van der Waals surface area contributed by atoms with Crippen LogP contribution in [-0.4, -0.2) is 51.0 Å². The van der Waals surface area contributed by atoms with Gasteiger partial charge in [-0.15, -0.1) is 0 Å². The molecule has 2 N–H and O–H groups in total. The van der Waals surface area contributed by atoms with Gasteiger partial charge in [-0.3, -0.25) is 9.59 Å². The van der Waals surface area contributed by atoms with Gasteiger partial charge in [0.15, 0.2) is 0 Å². The minimum Gasteiger partial charge on any atom is -0.365 e. The van der Waals surface area contributed by atoms with Crippen LogP contribution in [0.15, 0.2) is 47.0 Å². The summed E-state index contributed by atoms with van der Waals surface area (Å²) >= 11 is 6.17. The van der Waals surface area contributed by atoms with E-state index in [0.717, 1.165) is 33.5 Å². The zero-order valence-corrected chi connectivity index (χ0v) is 22.3. The number of nitrogens with one attached hydrogen (secondary N) is 2. The molecule has 3 heterocycles. The lowest BCUT2D eigenvalue weighted by Gasteiger charge is -2.31. The van der Waals surface area contributed by atoms with Gasteiger partial charge < -0.3 is 20.1 Å². The first kappa shape index (κ1) is 25.7. The number of carbonyl (C=O) groups is 2. The number of aryl methyl sites for hydroxylation is 2. The van der Waals surface area contributed by atoms with Crippen LogP contribution in [0.4, 0.5) is 5.82 Å². The Kier molecular flexibility index (Phi) is 7.28. The fourth-order valence-electron chi connectivity index (χ4n) is 4.84. The average molecular weight is 533 g/mol. The van der Waals surface area contributed by atoms with E-state index in [4.69, 9.17) is 16.1 Å². The molecule has 0 atom stereocenters. The number of fused-ring (bicyclic) bond motifs is 1. The number of carbonyl (C=O) groups excluding carboxylic acids is 2. The van der Waals surface area contributed by atoms with Crippen molar-refractivity contribution in [3.63, 3.8) is 0 Å². The number of amides is 2. The molecule has 0 aliphatic carbocycles. The fourth-order valence-corrected chi connectivity index (χ4v) is 5.05. The van der Waals surface area contributed by atoms with E-state index in [-0.39, 0.29) is 23.7 Å². The lowest BCUT2D eigenvalue weighted by molar-refractivity contribution is -0.129. The normalized spacial score (nSPS) is 14.1. The minimum atomic E-state index is -0.339. The highest BCUT2D eigenvalue weighted by Crippen LogP contribution is 2.31. The Balaban J connectivity index is 1.46. The van der Waals surface area contributed by atoms with E-state index >= 15 is 0 Å². The Hall–Kier alpha value is -3.98. The van der Waals surface area contributed by atoms with Crippen molar-refractivity contribution >= 4 is 40.1 Å². The van der Waals surface area contributed by atoms with Gasteiger partial charge in [0.2, 0.25) is 11.7 Å². The molecule has 1 fully saturated rings. The molecule has 2 aromatic carbocycles. The summed E-state index contributed by atoms with van der Waals surface area (Å²) in [4.78, 5) is 35.9. The molecule has 5 rings (SSSR count). The lowest BCUT2D eigenvalue weighted by atomic mass is 10.0. The van der Waals surface area contributed by atoms with E-state index in [1.165, 1.54) is 0 Å². The van der Waals surface area contributed by atoms with Crippen LogP contribution in [0, 0.1) is 13.8 Å². The van der Waals surface area contributed by atoms with E-state index in [2.05, 4.69) is 25.8 Å². The van der Waals surface area contributed by atoms with Crippen molar-refractivity contribution in [1.29, 1.82) is 0 Å². The van der Waals surface area contributed by atoms with Gasteiger partial charge in [-0.2, -0.15) is 0 Å². The van der Waals surface area contributed by atoms with Gasteiger partial charge >= 0.3 is 0 Å². The third-order valence-corrected chi connectivity index (χ3v) is 7.08. The topological polar surface area (TPSA) is 113 Å². The van der Waals surface area contributed by atoms with Crippen molar-refractivity contribution in [3.8, 4) is 11.1 Å². The Bertz CT molecular complexity index is 1490. The molecule has 0 radical (unpaired) electrons. The van der Waals surface area contributed by atoms with Crippen molar-refractivity contribution < 1.29 is 14.1 Å². The average Bonchev–Trinajstić information content (AvgIpc) is 3.24. The monoisotopic (exact) mass is 532 g/mol. The molecule has 0 spiro atoms. The molecule has 1 saturated heterocycles. The molecule has 0 saturated carbocycles. The second kappa shape index (κ2) is 10.8. The SMILES string of the molecule is CC(=O)N1CCC(NC(=O)c2nc(NCc3cccc(Cl)c3)c3cc(-c4c(C)noc4C)ccc3n2)CC1. The maximum atomic E-state index is 13.2. The zero-order valence-electron chi connectivity index (χ0n) is 21.5. The van der Waals surface area contributed by atoms with Crippen molar-refractivity contribution in [2.24, 2.45) is 0 Å². The maximum Gasteiger partial charge on any atom is 0.289 e. The molecule has 10 heteroatoms.